The number of rotatable bonds is 8. The van der Waals surface area contributed by atoms with Gasteiger partial charge in [-0.15, -0.1) is 0 Å². The van der Waals surface area contributed by atoms with Gasteiger partial charge in [-0.3, -0.25) is 4.79 Å². The molecule has 1 amide bonds. The number of benzene rings is 1. The van der Waals surface area contributed by atoms with Crippen molar-refractivity contribution in [1.82, 2.24) is 5.32 Å². The molecule has 2 N–H and O–H groups in total. The lowest BCUT2D eigenvalue weighted by Gasteiger charge is -2.06. The molecule has 0 fully saturated rings. The van der Waals surface area contributed by atoms with Gasteiger partial charge >= 0.3 is 5.97 Å². The van der Waals surface area contributed by atoms with Gasteiger partial charge in [0.15, 0.2) is 0 Å². The number of aliphatic carboxylic acids is 1. The molecule has 0 radical (unpaired) electrons. The van der Waals surface area contributed by atoms with Crippen LogP contribution < -0.4 is 5.32 Å². The fourth-order valence-electron chi connectivity index (χ4n) is 1.84. The SMILES string of the molecule is C=C(NC(=O)c1ccc(CCCCCC)cc1)C(=O)O. The van der Waals surface area contributed by atoms with Crippen LogP contribution in [0.4, 0.5) is 0 Å². The van der Waals surface area contributed by atoms with Crippen LogP contribution in [0.2, 0.25) is 0 Å². The second-order valence-corrected chi connectivity index (χ2v) is 4.75. The summed E-state index contributed by atoms with van der Waals surface area (Å²) in [6.45, 7) is 5.44. The monoisotopic (exact) mass is 275 g/mol. The van der Waals surface area contributed by atoms with Crippen LogP contribution in [0.1, 0.15) is 48.5 Å². The molecule has 0 aliphatic heterocycles. The molecule has 1 aromatic rings. The van der Waals surface area contributed by atoms with Crippen molar-refractivity contribution in [3.05, 3.63) is 47.7 Å². The van der Waals surface area contributed by atoms with E-state index >= 15 is 0 Å². The van der Waals surface area contributed by atoms with Gasteiger partial charge in [-0.1, -0.05) is 44.9 Å². The quantitative estimate of drug-likeness (QED) is 0.566. The van der Waals surface area contributed by atoms with Crippen LogP contribution in [0.25, 0.3) is 0 Å². The second-order valence-electron chi connectivity index (χ2n) is 4.75. The average Bonchev–Trinajstić information content (AvgIpc) is 2.44. The summed E-state index contributed by atoms with van der Waals surface area (Å²) in [7, 11) is 0. The number of carboxylic acid groups (broad SMARTS) is 1. The van der Waals surface area contributed by atoms with Gasteiger partial charge in [0.05, 0.1) is 0 Å². The average molecular weight is 275 g/mol. The highest BCUT2D eigenvalue weighted by atomic mass is 16.4. The second kappa shape index (κ2) is 8.15. The molecule has 0 heterocycles. The highest BCUT2D eigenvalue weighted by molar-refractivity contribution is 6.00. The Morgan fingerprint density at radius 1 is 1.15 bits per heavy atom. The highest BCUT2D eigenvalue weighted by Crippen LogP contribution is 2.10. The molecule has 0 aliphatic rings. The lowest BCUT2D eigenvalue weighted by molar-refractivity contribution is -0.132. The van der Waals surface area contributed by atoms with Crippen LogP contribution in [0.15, 0.2) is 36.5 Å². The lowest BCUT2D eigenvalue weighted by Crippen LogP contribution is -2.26. The topological polar surface area (TPSA) is 66.4 Å². The number of nitrogens with one attached hydrogen (secondary N) is 1. The first-order valence-electron chi connectivity index (χ1n) is 6.87. The molecule has 1 aromatic carbocycles. The van der Waals surface area contributed by atoms with Crippen molar-refractivity contribution in [3.63, 3.8) is 0 Å². The van der Waals surface area contributed by atoms with Gasteiger partial charge in [0, 0.05) is 5.56 Å². The third-order valence-electron chi connectivity index (χ3n) is 3.06. The van der Waals surface area contributed by atoms with Crippen molar-refractivity contribution >= 4 is 11.9 Å². The summed E-state index contributed by atoms with van der Waals surface area (Å²) in [6.07, 6.45) is 5.83. The maximum Gasteiger partial charge on any atom is 0.351 e. The minimum atomic E-state index is -1.23. The molecule has 0 bridgehead atoms. The van der Waals surface area contributed by atoms with Crippen LogP contribution in [0, 0.1) is 0 Å². The fourth-order valence-corrected chi connectivity index (χ4v) is 1.84. The van der Waals surface area contributed by atoms with E-state index < -0.39 is 11.9 Å². The lowest BCUT2D eigenvalue weighted by atomic mass is 10.0. The summed E-state index contributed by atoms with van der Waals surface area (Å²) in [5, 5.41) is 10.9. The van der Waals surface area contributed by atoms with E-state index in [0.717, 1.165) is 12.8 Å². The van der Waals surface area contributed by atoms with Crippen LogP contribution >= 0.6 is 0 Å². The Morgan fingerprint density at radius 3 is 2.35 bits per heavy atom. The minimum absolute atomic E-state index is 0.321. The molecular weight excluding hydrogens is 254 g/mol. The number of carbonyl (C=O) groups is 2. The Bertz CT molecular complexity index is 477. The maximum atomic E-state index is 11.7. The van der Waals surface area contributed by atoms with E-state index in [9.17, 15) is 9.59 Å². The molecule has 4 nitrogen and oxygen atoms in total. The van der Waals surface area contributed by atoms with Crippen molar-refractivity contribution < 1.29 is 14.7 Å². The predicted octanol–water partition coefficient (Wildman–Crippen LogP) is 3.14. The zero-order valence-electron chi connectivity index (χ0n) is 11.8. The van der Waals surface area contributed by atoms with Crippen molar-refractivity contribution in [2.45, 2.75) is 39.0 Å². The van der Waals surface area contributed by atoms with Crippen molar-refractivity contribution in [2.75, 3.05) is 0 Å². The molecule has 4 heteroatoms. The largest absolute Gasteiger partial charge is 0.477 e. The van der Waals surface area contributed by atoms with E-state index in [4.69, 9.17) is 5.11 Å². The fraction of sp³-hybridized carbons (Fsp3) is 0.375. The zero-order valence-corrected chi connectivity index (χ0v) is 11.8. The number of amides is 1. The summed E-state index contributed by atoms with van der Waals surface area (Å²) in [6, 6.07) is 7.23. The van der Waals surface area contributed by atoms with Crippen LogP contribution in [-0.2, 0) is 11.2 Å². The Labute approximate surface area is 119 Å². The van der Waals surface area contributed by atoms with Gasteiger partial charge in [-0.2, -0.15) is 0 Å². The predicted molar refractivity (Wildman–Crippen MR) is 78.5 cm³/mol. The summed E-state index contributed by atoms with van der Waals surface area (Å²) in [4.78, 5) is 22.3. The van der Waals surface area contributed by atoms with E-state index in [1.807, 2.05) is 12.1 Å². The molecule has 0 aromatic heterocycles. The first-order valence-corrected chi connectivity index (χ1v) is 6.87. The summed E-state index contributed by atoms with van der Waals surface area (Å²) < 4.78 is 0. The van der Waals surface area contributed by atoms with E-state index in [1.165, 1.54) is 24.8 Å². The van der Waals surface area contributed by atoms with Crippen LogP contribution in [-0.4, -0.2) is 17.0 Å². The molecule has 1 rings (SSSR count). The third kappa shape index (κ3) is 5.26. The first-order chi connectivity index (χ1) is 9.54. The highest BCUT2D eigenvalue weighted by Gasteiger charge is 2.10. The van der Waals surface area contributed by atoms with Crippen molar-refractivity contribution in [2.24, 2.45) is 0 Å². The standard InChI is InChI=1S/C16H21NO3/c1-3-4-5-6-7-13-8-10-14(11-9-13)15(18)17-12(2)16(19)20/h8-11H,2-7H2,1H3,(H,17,18)(H,19,20). The van der Waals surface area contributed by atoms with Gasteiger partial charge < -0.3 is 10.4 Å². The van der Waals surface area contributed by atoms with Gasteiger partial charge in [0.1, 0.15) is 5.70 Å². The summed E-state index contributed by atoms with van der Waals surface area (Å²) in [5.41, 5.74) is 1.30. The molecule has 0 unspecified atom stereocenters. The normalized spacial score (nSPS) is 10.1. The molecule has 0 saturated heterocycles. The first kappa shape index (κ1) is 16.0. The van der Waals surface area contributed by atoms with Gasteiger partial charge in [-0.25, -0.2) is 4.79 Å². The molecular formula is C16H21NO3. The smallest absolute Gasteiger partial charge is 0.351 e. The Morgan fingerprint density at radius 2 is 1.80 bits per heavy atom. The zero-order chi connectivity index (χ0) is 15.0. The van der Waals surface area contributed by atoms with Gasteiger partial charge in [-0.05, 0) is 30.5 Å². The number of unbranched alkanes of at least 4 members (excludes halogenated alkanes) is 3. The molecule has 0 aliphatic carbocycles. The van der Waals surface area contributed by atoms with Crippen molar-refractivity contribution in [1.29, 1.82) is 0 Å². The number of hydrogen-bond acceptors (Lipinski definition) is 2. The number of carboxylic acids is 1. The Balaban J connectivity index is 2.51. The van der Waals surface area contributed by atoms with E-state index in [1.54, 1.807) is 12.1 Å². The molecule has 0 atom stereocenters. The van der Waals surface area contributed by atoms with E-state index in [-0.39, 0.29) is 5.70 Å². The molecule has 108 valence electrons. The van der Waals surface area contributed by atoms with E-state index in [2.05, 4.69) is 18.8 Å². The Kier molecular flexibility index (Phi) is 6.50. The number of carbonyl (C=O) groups excluding carboxylic acids is 1. The van der Waals surface area contributed by atoms with E-state index in [0.29, 0.717) is 5.56 Å². The Hall–Kier alpha value is -2.10. The molecule has 20 heavy (non-hydrogen) atoms. The molecule has 0 spiro atoms. The van der Waals surface area contributed by atoms with Gasteiger partial charge in [0.25, 0.3) is 5.91 Å². The number of hydrogen-bond donors (Lipinski definition) is 2. The number of aryl methyl sites for hydroxylation is 1. The summed E-state index contributed by atoms with van der Waals surface area (Å²) >= 11 is 0. The molecule has 0 saturated carbocycles. The summed E-state index contributed by atoms with van der Waals surface area (Å²) in [5.74, 6) is -1.68. The third-order valence-corrected chi connectivity index (χ3v) is 3.06. The minimum Gasteiger partial charge on any atom is -0.477 e. The van der Waals surface area contributed by atoms with Gasteiger partial charge in [0.2, 0.25) is 0 Å². The van der Waals surface area contributed by atoms with Crippen LogP contribution in [0.3, 0.4) is 0 Å². The maximum absolute atomic E-state index is 11.7. The van der Waals surface area contributed by atoms with Crippen LogP contribution in [0.5, 0.6) is 0 Å². The van der Waals surface area contributed by atoms with Crippen molar-refractivity contribution in [3.8, 4) is 0 Å².